The van der Waals surface area contributed by atoms with E-state index >= 15 is 0 Å². The molecule has 1 amide bonds. The molecule has 6 heteroatoms. The number of aromatic nitrogens is 2. The normalized spacial score (nSPS) is 20.4. The van der Waals surface area contributed by atoms with Gasteiger partial charge >= 0.3 is 6.01 Å². The molecule has 0 atom stereocenters. The predicted molar refractivity (Wildman–Crippen MR) is 74.5 cm³/mol. The molecule has 0 unspecified atom stereocenters. The van der Waals surface area contributed by atoms with Gasteiger partial charge in [0.25, 0.3) is 0 Å². The zero-order valence-corrected chi connectivity index (χ0v) is 12.2. The van der Waals surface area contributed by atoms with Gasteiger partial charge in [-0.25, -0.2) is 0 Å². The van der Waals surface area contributed by atoms with Crippen molar-refractivity contribution in [3.05, 3.63) is 5.89 Å². The van der Waals surface area contributed by atoms with E-state index in [1.54, 1.807) is 0 Å². The Morgan fingerprint density at radius 1 is 1.20 bits per heavy atom. The summed E-state index contributed by atoms with van der Waals surface area (Å²) in [6, 6.07) is 0.587. The quantitative estimate of drug-likeness (QED) is 0.841. The number of anilines is 1. The number of rotatable bonds is 3. The molecule has 0 aromatic carbocycles. The second kappa shape index (κ2) is 5.42. The van der Waals surface area contributed by atoms with Gasteiger partial charge < -0.3 is 14.2 Å². The molecule has 1 saturated carbocycles. The van der Waals surface area contributed by atoms with Crippen molar-refractivity contribution in [3.8, 4) is 0 Å². The van der Waals surface area contributed by atoms with Gasteiger partial charge in [0.15, 0.2) is 0 Å². The Balaban J connectivity index is 1.56. The highest BCUT2D eigenvalue weighted by molar-refractivity contribution is 5.79. The van der Waals surface area contributed by atoms with Gasteiger partial charge in [-0.05, 0) is 12.8 Å². The minimum Gasteiger partial charge on any atom is -0.408 e. The summed E-state index contributed by atoms with van der Waals surface area (Å²) in [5, 5.41) is 8.16. The first-order chi connectivity index (χ1) is 9.65. The second-order valence-corrected chi connectivity index (χ2v) is 6.02. The molecule has 2 heterocycles. The standard InChI is InChI=1S/C14H22N4O2/c1-10(2)12-15-16-14(20-12)18-8-6-17(7-9-18)13(19)11-4-3-5-11/h10-11H,3-9H2,1-2H3. The minimum absolute atomic E-state index is 0.248. The van der Waals surface area contributed by atoms with Crippen molar-refractivity contribution in [2.75, 3.05) is 31.1 Å². The van der Waals surface area contributed by atoms with E-state index in [-0.39, 0.29) is 11.8 Å². The monoisotopic (exact) mass is 278 g/mol. The summed E-state index contributed by atoms with van der Waals surface area (Å²) < 4.78 is 5.66. The van der Waals surface area contributed by atoms with E-state index in [2.05, 4.69) is 15.1 Å². The Labute approximate surface area is 119 Å². The highest BCUT2D eigenvalue weighted by atomic mass is 16.4. The number of hydrogen-bond acceptors (Lipinski definition) is 5. The third kappa shape index (κ3) is 2.51. The summed E-state index contributed by atoms with van der Waals surface area (Å²) >= 11 is 0. The fraction of sp³-hybridized carbons (Fsp3) is 0.786. The maximum atomic E-state index is 12.2. The molecule has 0 spiro atoms. The van der Waals surface area contributed by atoms with Crippen LogP contribution in [0.2, 0.25) is 0 Å². The molecular formula is C14H22N4O2. The molecule has 1 aromatic heterocycles. The maximum Gasteiger partial charge on any atom is 0.318 e. The molecule has 110 valence electrons. The molecule has 1 aliphatic heterocycles. The van der Waals surface area contributed by atoms with Gasteiger partial charge in [0, 0.05) is 38.0 Å². The van der Waals surface area contributed by atoms with Gasteiger partial charge in [-0.15, -0.1) is 5.10 Å². The van der Waals surface area contributed by atoms with E-state index in [1.165, 1.54) is 6.42 Å². The van der Waals surface area contributed by atoms with E-state index in [4.69, 9.17) is 4.42 Å². The van der Waals surface area contributed by atoms with E-state index in [1.807, 2.05) is 18.7 Å². The summed E-state index contributed by atoms with van der Waals surface area (Å²) in [6.07, 6.45) is 3.34. The molecule has 1 saturated heterocycles. The van der Waals surface area contributed by atoms with Crippen LogP contribution in [0.3, 0.4) is 0 Å². The Kier molecular flexibility index (Phi) is 3.63. The third-order valence-corrected chi connectivity index (χ3v) is 4.24. The van der Waals surface area contributed by atoms with Crippen molar-refractivity contribution in [2.24, 2.45) is 5.92 Å². The van der Waals surface area contributed by atoms with E-state index in [0.29, 0.717) is 17.8 Å². The van der Waals surface area contributed by atoms with Gasteiger partial charge in [-0.1, -0.05) is 25.4 Å². The molecule has 20 heavy (non-hydrogen) atoms. The summed E-state index contributed by atoms with van der Waals surface area (Å²) in [6.45, 7) is 7.14. The zero-order chi connectivity index (χ0) is 14.1. The van der Waals surface area contributed by atoms with E-state index in [9.17, 15) is 4.79 Å². The topological polar surface area (TPSA) is 62.5 Å². The summed E-state index contributed by atoms with van der Waals surface area (Å²) in [4.78, 5) is 16.2. The first kappa shape index (κ1) is 13.4. The molecule has 0 N–H and O–H groups in total. The van der Waals surface area contributed by atoms with Crippen molar-refractivity contribution in [3.63, 3.8) is 0 Å². The molecule has 2 fully saturated rings. The largest absolute Gasteiger partial charge is 0.408 e. The maximum absolute atomic E-state index is 12.2. The van der Waals surface area contributed by atoms with Gasteiger partial charge in [0.1, 0.15) is 0 Å². The average Bonchev–Trinajstić information content (AvgIpc) is 2.86. The lowest BCUT2D eigenvalue weighted by Crippen LogP contribution is -2.51. The van der Waals surface area contributed by atoms with Crippen molar-refractivity contribution < 1.29 is 9.21 Å². The van der Waals surface area contributed by atoms with Crippen LogP contribution < -0.4 is 4.90 Å². The van der Waals surface area contributed by atoms with Crippen LogP contribution in [0.4, 0.5) is 6.01 Å². The molecule has 0 radical (unpaired) electrons. The minimum atomic E-state index is 0.248. The number of hydrogen-bond donors (Lipinski definition) is 0. The molecule has 2 aliphatic rings. The molecular weight excluding hydrogens is 256 g/mol. The number of amides is 1. The SMILES string of the molecule is CC(C)c1nnc(N2CCN(C(=O)C3CCC3)CC2)o1. The van der Waals surface area contributed by atoms with Crippen LogP contribution in [-0.2, 0) is 4.79 Å². The van der Waals surface area contributed by atoms with E-state index < -0.39 is 0 Å². The Morgan fingerprint density at radius 3 is 2.40 bits per heavy atom. The highest BCUT2D eigenvalue weighted by Crippen LogP contribution is 2.29. The van der Waals surface area contributed by atoms with Gasteiger partial charge in [0.05, 0.1) is 0 Å². The van der Waals surface area contributed by atoms with Crippen LogP contribution in [0, 0.1) is 5.92 Å². The number of carbonyl (C=O) groups excluding carboxylic acids is 1. The van der Waals surface area contributed by atoms with Crippen molar-refractivity contribution in [1.82, 2.24) is 15.1 Å². The molecule has 0 bridgehead atoms. The first-order valence-corrected chi connectivity index (χ1v) is 7.52. The van der Waals surface area contributed by atoms with Crippen LogP contribution in [0.5, 0.6) is 0 Å². The molecule has 1 aromatic rings. The van der Waals surface area contributed by atoms with Crippen molar-refractivity contribution in [2.45, 2.75) is 39.0 Å². The fourth-order valence-electron chi connectivity index (χ4n) is 2.62. The van der Waals surface area contributed by atoms with Crippen LogP contribution in [0.1, 0.15) is 44.9 Å². The van der Waals surface area contributed by atoms with Crippen molar-refractivity contribution in [1.29, 1.82) is 0 Å². The van der Waals surface area contributed by atoms with Gasteiger partial charge in [-0.3, -0.25) is 4.79 Å². The van der Waals surface area contributed by atoms with Gasteiger partial charge in [0.2, 0.25) is 11.8 Å². The second-order valence-electron chi connectivity index (χ2n) is 6.02. The molecule has 1 aliphatic carbocycles. The smallest absolute Gasteiger partial charge is 0.318 e. The molecule has 3 rings (SSSR count). The fourth-order valence-corrected chi connectivity index (χ4v) is 2.62. The van der Waals surface area contributed by atoms with Crippen molar-refractivity contribution >= 4 is 11.9 Å². The zero-order valence-electron chi connectivity index (χ0n) is 12.2. The molecule has 6 nitrogen and oxygen atoms in total. The highest BCUT2D eigenvalue weighted by Gasteiger charge is 2.32. The first-order valence-electron chi connectivity index (χ1n) is 7.52. The number of nitrogens with zero attached hydrogens (tertiary/aromatic N) is 4. The lowest BCUT2D eigenvalue weighted by Gasteiger charge is -2.37. The lowest BCUT2D eigenvalue weighted by molar-refractivity contribution is -0.138. The predicted octanol–water partition coefficient (Wildman–Crippen LogP) is 1.64. The number of carbonyl (C=O) groups is 1. The Bertz CT molecular complexity index is 473. The summed E-state index contributed by atoms with van der Waals surface area (Å²) in [5.74, 6) is 1.55. The third-order valence-electron chi connectivity index (χ3n) is 4.24. The summed E-state index contributed by atoms with van der Waals surface area (Å²) in [7, 11) is 0. The van der Waals surface area contributed by atoms with E-state index in [0.717, 1.165) is 39.0 Å². The van der Waals surface area contributed by atoms with Crippen LogP contribution >= 0.6 is 0 Å². The lowest BCUT2D eigenvalue weighted by atomic mass is 9.84. The number of piperazine rings is 1. The van der Waals surface area contributed by atoms with Gasteiger partial charge in [-0.2, -0.15) is 0 Å². The van der Waals surface area contributed by atoms with Crippen LogP contribution in [0.15, 0.2) is 4.42 Å². The average molecular weight is 278 g/mol. The summed E-state index contributed by atoms with van der Waals surface area (Å²) in [5.41, 5.74) is 0. The van der Waals surface area contributed by atoms with Crippen LogP contribution in [0.25, 0.3) is 0 Å². The Morgan fingerprint density at radius 2 is 1.90 bits per heavy atom. The van der Waals surface area contributed by atoms with Crippen LogP contribution in [-0.4, -0.2) is 47.2 Å². The Hall–Kier alpha value is -1.59.